The van der Waals surface area contributed by atoms with E-state index in [0.717, 1.165) is 31.8 Å². The van der Waals surface area contributed by atoms with Gasteiger partial charge in [-0.05, 0) is 38.6 Å². The van der Waals surface area contributed by atoms with Crippen LogP contribution in [0.1, 0.15) is 45.4 Å². The molecule has 1 saturated carbocycles. The van der Waals surface area contributed by atoms with Crippen molar-refractivity contribution < 1.29 is 4.74 Å². The van der Waals surface area contributed by atoms with Gasteiger partial charge in [0, 0.05) is 31.8 Å². The zero-order chi connectivity index (χ0) is 11.9. The molecule has 0 bridgehead atoms. The van der Waals surface area contributed by atoms with Crippen molar-refractivity contribution in [3.8, 4) is 0 Å². The third-order valence-corrected chi connectivity index (χ3v) is 3.75. The van der Waals surface area contributed by atoms with Gasteiger partial charge in [-0.2, -0.15) is 0 Å². The van der Waals surface area contributed by atoms with Gasteiger partial charge >= 0.3 is 0 Å². The van der Waals surface area contributed by atoms with E-state index in [4.69, 9.17) is 4.74 Å². The van der Waals surface area contributed by atoms with Crippen molar-refractivity contribution in [3.05, 3.63) is 0 Å². The number of unbranched alkanes of at least 4 members (excludes halogenated alkanes) is 1. The first-order chi connectivity index (χ1) is 8.38. The molecule has 17 heavy (non-hydrogen) atoms. The van der Waals surface area contributed by atoms with Crippen molar-refractivity contribution in [2.45, 2.75) is 57.5 Å². The third kappa shape index (κ3) is 5.36. The molecule has 2 aliphatic rings. The molecule has 1 saturated heterocycles. The summed E-state index contributed by atoms with van der Waals surface area (Å²) in [6, 6.07) is 1.59. The maximum atomic E-state index is 5.64. The summed E-state index contributed by atoms with van der Waals surface area (Å²) in [7, 11) is 0. The number of nitrogens with zero attached hydrogens (tertiary/aromatic N) is 1. The molecule has 1 N–H and O–H groups in total. The lowest BCUT2D eigenvalue weighted by molar-refractivity contribution is 0.0879. The van der Waals surface area contributed by atoms with Gasteiger partial charge in [-0.25, -0.2) is 0 Å². The van der Waals surface area contributed by atoms with Crippen molar-refractivity contribution in [1.29, 1.82) is 0 Å². The van der Waals surface area contributed by atoms with Gasteiger partial charge in [0.05, 0.1) is 6.61 Å². The number of hydrogen-bond donors (Lipinski definition) is 1. The largest absolute Gasteiger partial charge is 0.380 e. The van der Waals surface area contributed by atoms with E-state index >= 15 is 0 Å². The van der Waals surface area contributed by atoms with E-state index in [1.54, 1.807) is 0 Å². The number of ether oxygens (including phenoxy) is 1. The number of hydrogen-bond acceptors (Lipinski definition) is 3. The van der Waals surface area contributed by atoms with E-state index in [9.17, 15) is 0 Å². The van der Waals surface area contributed by atoms with Crippen LogP contribution in [0.4, 0.5) is 0 Å². The summed E-state index contributed by atoms with van der Waals surface area (Å²) < 4.78 is 5.64. The van der Waals surface area contributed by atoms with Crippen molar-refractivity contribution in [2.24, 2.45) is 0 Å². The Bertz CT molecular complexity index is 206. The molecule has 100 valence electrons. The summed E-state index contributed by atoms with van der Waals surface area (Å²) in [4.78, 5) is 2.56. The zero-order valence-electron chi connectivity index (χ0n) is 11.3. The minimum atomic E-state index is 0.742. The molecular formula is C14H28N2O. The first-order valence-electron chi connectivity index (χ1n) is 7.44. The molecule has 1 unspecified atom stereocenters. The van der Waals surface area contributed by atoms with E-state index in [1.807, 2.05) is 0 Å². The minimum Gasteiger partial charge on any atom is -0.380 e. The van der Waals surface area contributed by atoms with Crippen LogP contribution in [0.2, 0.25) is 0 Å². The summed E-state index contributed by atoms with van der Waals surface area (Å²) in [5, 5.41) is 3.75. The van der Waals surface area contributed by atoms with E-state index in [0.29, 0.717) is 0 Å². The molecule has 1 aliphatic carbocycles. The Hall–Kier alpha value is -0.120. The van der Waals surface area contributed by atoms with Gasteiger partial charge in [0.25, 0.3) is 0 Å². The van der Waals surface area contributed by atoms with Crippen LogP contribution in [-0.2, 0) is 4.74 Å². The van der Waals surface area contributed by atoms with Crippen molar-refractivity contribution in [3.63, 3.8) is 0 Å². The molecule has 0 radical (unpaired) electrons. The Balaban J connectivity index is 1.53. The number of nitrogens with one attached hydrogen (secondary N) is 1. The van der Waals surface area contributed by atoms with Crippen molar-refractivity contribution >= 4 is 0 Å². The van der Waals surface area contributed by atoms with Gasteiger partial charge < -0.3 is 10.1 Å². The molecule has 0 amide bonds. The lowest BCUT2D eigenvalue weighted by atomic mass is 10.1. The summed E-state index contributed by atoms with van der Waals surface area (Å²) in [5.74, 6) is 0. The predicted molar refractivity (Wildman–Crippen MR) is 71.3 cm³/mol. The van der Waals surface area contributed by atoms with Crippen LogP contribution >= 0.6 is 0 Å². The quantitative estimate of drug-likeness (QED) is 0.657. The topological polar surface area (TPSA) is 24.5 Å². The average Bonchev–Trinajstić information content (AvgIpc) is 3.13. The minimum absolute atomic E-state index is 0.742. The highest BCUT2D eigenvalue weighted by Gasteiger charge is 2.27. The smallest absolute Gasteiger partial charge is 0.0593 e. The second kappa shape index (κ2) is 7.34. The lowest BCUT2D eigenvalue weighted by Crippen LogP contribution is -2.47. The molecule has 0 spiro atoms. The molecule has 3 nitrogen and oxygen atoms in total. The van der Waals surface area contributed by atoms with Crippen LogP contribution in [0.25, 0.3) is 0 Å². The van der Waals surface area contributed by atoms with Gasteiger partial charge in [-0.1, -0.05) is 13.3 Å². The summed E-state index contributed by atoms with van der Waals surface area (Å²) in [6.45, 7) is 7.67. The Morgan fingerprint density at radius 3 is 2.82 bits per heavy atom. The van der Waals surface area contributed by atoms with E-state index in [2.05, 4.69) is 17.1 Å². The standard InChI is InChI=1S/C14H28N2O/c1-2-3-10-17-11-9-16-8-4-5-14(12-16)15-13-6-7-13/h13-15H,2-12H2,1H3. The van der Waals surface area contributed by atoms with Crippen molar-refractivity contribution in [1.82, 2.24) is 10.2 Å². The second-order valence-electron chi connectivity index (χ2n) is 5.55. The molecule has 1 heterocycles. The molecule has 2 rings (SSSR count). The van der Waals surface area contributed by atoms with Gasteiger partial charge in [0.1, 0.15) is 0 Å². The van der Waals surface area contributed by atoms with Crippen LogP contribution in [0.3, 0.4) is 0 Å². The van der Waals surface area contributed by atoms with Gasteiger partial charge in [0.15, 0.2) is 0 Å². The van der Waals surface area contributed by atoms with Gasteiger partial charge in [-0.15, -0.1) is 0 Å². The fourth-order valence-electron chi connectivity index (χ4n) is 2.52. The number of likely N-dealkylation sites (tertiary alicyclic amines) is 1. The first kappa shape index (κ1) is 13.3. The summed E-state index contributed by atoms with van der Waals surface area (Å²) in [6.07, 6.45) is 7.94. The van der Waals surface area contributed by atoms with Crippen LogP contribution < -0.4 is 5.32 Å². The Morgan fingerprint density at radius 2 is 2.06 bits per heavy atom. The molecule has 1 atom stereocenters. The number of piperidine rings is 1. The molecule has 0 aromatic heterocycles. The van der Waals surface area contributed by atoms with E-state index in [1.165, 1.54) is 51.6 Å². The Labute approximate surface area is 106 Å². The normalized spacial score (nSPS) is 26.3. The Morgan fingerprint density at radius 1 is 1.18 bits per heavy atom. The maximum absolute atomic E-state index is 5.64. The highest BCUT2D eigenvalue weighted by atomic mass is 16.5. The molecule has 0 aromatic carbocycles. The molecule has 1 aliphatic heterocycles. The van der Waals surface area contributed by atoms with Gasteiger partial charge in [0.2, 0.25) is 0 Å². The average molecular weight is 240 g/mol. The number of rotatable bonds is 8. The third-order valence-electron chi connectivity index (χ3n) is 3.75. The molecular weight excluding hydrogens is 212 g/mol. The molecule has 0 aromatic rings. The van der Waals surface area contributed by atoms with Crippen LogP contribution in [0.15, 0.2) is 0 Å². The first-order valence-corrected chi connectivity index (χ1v) is 7.44. The Kier molecular flexibility index (Phi) is 5.75. The van der Waals surface area contributed by atoms with Crippen LogP contribution in [-0.4, -0.2) is 49.8 Å². The highest BCUT2D eigenvalue weighted by molar-refractivity contribution is 4.87. The lowest BCUT2D eigenvalue weighted by Gasteiger charge is -2.33. The molecule has 2 fully saturated rings. The second-order valence-corrected chi connectivity index (χ2v) is 5.55. The van der Waals surface area contributed by atoms with Gasteiger partial charge in [-0.3, -0.25) is 4.90 Å². The van der Waals surface area contributed by atoms with E-state index in [-0.39, 0.29) is 0 Å². The van der Waals surface area contributed by atoms with Crippen molar-refractivity contribution in [2.75, 3.05) is 32.8 Å². The van der Waals surface area contributed by atoms with E-state index < -0.39 is 0 Å². The highest BCUT2D eigenvalue weighted by Crippen LogP contribution is 2.21. The predicted octanol–water partition coefficient (Wildman–Crippen LogP) is 2.02. The van der Waals surface area contributed by atoms with Crippen LogP contribution in [0, 0.1) is 0 Å². The summed E-state index contributed by atoms with van der Waals surface area (Å²) in [5.41, 5.74) is 0. The fourth-order valence-corrected chi connectivity index (χ4v) is 2.52. The zero-order valence-corrected chi connectivity index (χ0v) is 11.3. The maximum Gasteiger partial charge on any atom is 0.0593 e. The summed E-state index contributed by atoms with van der Waals surface area (Å²) >= 11 is 0. The molecule has 3 heteroatoms. The fraction of sp³-hybridized carbons (Fsp3) is 1.00. The monoisotopic (exact) mass is 240 g/mol. The van der Waals surface area contributed by atoms with Crippen LogP contribution in [0.5, 0.6) is 0 Å². The SMILES string of the molecule is CCCCOCCN1CCCC(NC2CC2)C1.